The molecule has 33 heavy (non-hydrogen) atoms. The van der Waals surface area contributed by atoms with E-state index in [9.17, 15) is 17.6 Å². The highest BCUT2D eigenvalue weighted by atomic mass is 19.1. The molecule has 3 aromatic carbocycles. The monoisotopic (exact) mass is 456 g/mol. The second-order valence-corrected chi connectivity index (χ2v) is 8.96. The highest BCUT2D eigenvalue weighted by Gasteiger charge is 2.24. The van der Waals surface area contributed by atoms with Crippen LogP contribution in [0.4, 0.5) is 17.6 Å². The van der Waals surface area contributed by atoms with Crippen LogP contribution in [0.5, 0.6) is 5.75 Å². The van der Waals surface area contributed by atoms with Crippen LogP contribution in [0.15, 0.2) is 54.6 Å². The van der Waals surface area contributed by atoms with Gasteiger partial charge in [-0.25, -0.2) is 17.6 Å². The van der Waals surface area contributed by atoms with Gasteiger partial charge in [-0.15, -0.1) is 0 Å². The molecular weight excluding hydrogens is 428 g/mol. The summed E-state index contributed by atoms with van der Waals surface area (Å²) in [6, 6.07) is 12.9. The Bertz CT molecular complexity index is 1040. The van der Waals surface area contributed by atoms with Gasteiger partial charge in [-0.3, -0.25) is 0 Å². The molecule has 1 aliphatic rings. The molecule has 0 radical (unpaired) electrons. The standard InChI is InChI=1S/C28H28F4O/c1-2-3-18-4-8-21(9-5-18)23-14-26(31)28(27(32)15-23)33-17-19-6-10-20(11-7-19)22-12-24(29)16-25(30)13-22/h6-7,10-16,18,21H,2-5,8-9,17H2,1H3/t18-,21-. The molecule has 4 rings (SSSR count). The second kappa shape index (κ2) is 10.4. The van der Waals surface area contributed by atoms with Crippen LogP contribution >= 0.6 is 0 Å². The summed E-state index contributed by atoms with van der Waals surface area (Å²) in [7, 11) is 0. The Balaban J connectivity index is 1.40. The highest BCUT2D eigenvalue weighted by molar-refractivity contribution is 5.63. The molecule has 0 spiro atoms. The average Bonchev–Trinajstić information content (AvgIpc) is 2.79. The fraction of sp³-hybridized carbons (Fsp3) is 0.357. The molecule has 0 aromatic heterocycles. The van der Waals surface area contributed by atoms with Crippen molar-refractivity contribution in [3.05, 3.63) is 89.0 Å². The quantitative estimate of drug-likeness (QED) is 0.324. The molecule has 0 unspecified atom stereocenters. The number of ether oxygens (including phenoxy) is 1. The van der Waals surface area contributed by atoms with Crippen LogP contribution in [-0.4, -0.2) is 0 Å². The van der Waals surface area contributed by atoms with Crippen molar-refractivity contribution >= 4 is 0 Å². The van der Waals surface area contributed by atoms with Gasteiger partial charge in [0, 0.05) is 6.07 Å². The molecule has 1 nitrogen and oxygen atoms in total. The lowest BCUT2D eigenvalue weighted by atomic mass is 9.77. The Morgan fingerprint density at radius 2 is 1.36 bits per heavy atom. The number of rotatable bonds is 7. The van der Waals surface area contributed by atoms with Gasteiger partial charge in [-0.05, 0) is 84.0 Å². The van der Waals surface area contributed by atoms with Crippen LogP contribution in [0.2, 0.25) is 0 Å². The normalized spacial score (nSPS) is 18.3. The zero-order chi connectivity index (χ0) is 23.4. The van der Waals surface area contributed by atoms with Gasteiger partial charge in [0.2, 0.25) is 0 Å². The summed E-state index contributed by atoms with van der Waals surface area (Å²) in [5.74, 6) is -2.14. The Labute approximate surface area is 192 Å². The maximum Gasteiger partial charge on any atom is 0.191 e. The molecule has 5 heteroatoms. The third kappa shape index (κ3) is 5.76. The molecule has 0 amide bonds. The maximum atomic E-state index is 14.7. The smallest absolute Gasteiger partial charge is 0.191 e. The van der Waals surface area contributed by atoms with E-state index in [4.69, 9.17) is 4.74 Å². The summed E-state index contributed by atoms with van der Waals surface area (Å²) >= 11 is 0. The van der Waals surface area contributed by atoms with Crippen molar-refractivity contribution in [2.75, 3.05) is 0 Å². The zero-order valence-corrected chi connectivity index (χ0v) is 18.7. The second-order valence-electron chi connectivity index (χ2n) is 8.96. The van der Waals surface area contributed by atoms with E-state index in [2.05, 4.69) is 6.92 Å². The van der Waals surface area contributed by atoms with E-state index in [0.29, 0.717) is 22.3 Å². The van der Waals surface area contributed by atoms with E-state index >= 15 is 0 Å². The van der Waals surface area contributed by atoms with Crippen molar-refractivity contribution < 1.29 is 22.3 Å². The summed E-state index contributed by atoms with van der Waals surface area (Å²) in [5, 5.41) is 0. The van der Waals surface area contributed by atoms with Crippen molar-refractivity contribution in [3.63, 3.8) is 0 Å². The predicted octanol–water partition coefficient (Wildman–Crippen LogP) is 8.56. The number of hydrogen-bond donors (Lipinski definition) is 0. The molecule has 0 N–H and O–H groups in total. The fourth-order valence-electron chi connectivity index (χ4n) is 4.82. The minimum atomic E-state index is -0.687. The molecule has 0 atom stereocenters. The average molecular weight is 457 g/mol. The summed E-state index contributed by atoms with van der Waals surface area (Å²) in [5.41, 5.74) is 2.44. The topological polar surface area (TPSA) is 9.23 Å². The first-order chi connectivity index (χ1) is 15.9. The van der Waals surface area contributed by atoms with Gasteiger partial charge >= 0.3 is 0 Å². The lowest BCUT2D eigenvalue weighted by Crippen LogP contribution is -2.14. The van der Waals surface area contributed by atoms with Crippen LogP contribution in [0.25, 0.3) is 11.1 Å². The SMILES string of the molecule is CCC[C@H]1CC[C@H](c2cc(F)c(OCc3ccc(-c4cc(F)cc(F)c4)cc3)c(F)c2)CC1. The van der Waals surface area contributed by atoms with E-state index in [0.717, 1.165) is 37.7 Å². The minimum absolute atomic E-state index is 0.0207. The Hall–Kier alpha value is -2.82. The zero-order valence-electron chi connectivity index (χ0n) is 18.7. The van der Waals surface area contributed by atoms with Gasteiger partial charge < -0.3 is 4.74 Å². The molecule has 3 aromatic rings. The lowest BCUT2D eigenvalue weighted by molar-refractivity contribution is 0.272. The Kier molecular flexibility index (Phi) is 7.36. The fourth-order valence-corrected chi connectivity index (χ4v) is 4.82. The predicted molar refractivity (Wildman–Crippen MR) is 122 cm³/mol. The van der Waals surface area contributed by atoms with Crippen LogP contribution in [0, 0.1) is 29.2 Å². The number of hydrogen-bond acceptors (Lipinski definition) is 1. The van der Waals surface area contributed by atoms with E-state index in [-0.39, 0.29) is 18.3 Å². The molecule has 1 saturated carbocycles. The summed E-state index contributed by atoms with van der Waals surface area (Å²) < 4.78 is 61.7. The number of halogens is 4. The van der Waals surface area contributed by atoms with Gasteiger partial charge in [0.25, 0.3) is 0 Å². The molecule has 1 fully saturated rings. The summed E-state index contributed by atoms with van der Waals surface area (Å²) in [6.45, 7) is 2.17. The molecule has 0 heterocycles. The first kappa shape index (κ1) is 23.3. The van der Waals surface area contributed by atoms with E-state index in [1.165, 1.54) is 37.1 Å². The third-order valence-electron chi connectivity index (χ3n) is 6.57. The molecular formula is C28H28F4O. The van der Waals surface area contributed by atoms with Crippen LogP contribution < -0.4 is 4.74 Å². The van der Waals surface area contributed by atoms with E-state index in [1.54, 1.807) is 24.3 Å². The van der Waals surface area contributed by atoms with Gasteiger partial charge in [-0.2, -0.15) is 0 Å². The van der Waals surface area contributed by atoms with Crippen LogP contribution in [0.3, 0.4) is 0 Å². The number of benzene rings is 3. The molecule has 1 aliphatic carbocycles. The first-order valence-corrected chi connectivity index (χ1v) is 11.6. The third-order valence-corrected chi connectivity index (χ3v) is 6.57. The molecule has 0 saturated heterocycles. The van der Waals surface area contributed by atoms with Crippen molar-refractivity contribution in [2.24, 2.45) is 5.92 Å². The molecule has 0 bridgehead atoms. The van der Waals surface area contributed by atoms with Gasteiger partial charge in [0.05, 0.1) is 0 Å². The molecule has 0 aliphatic heterocycles. The van der Waals surface area contributed by atoms with Gasteiger partial charge in [0.1, 0.15) is 18.2 Å². The van der Waals surface area contributed by atoms with Crippen molar-refractivity contribution in [1.29, 1.82) is 0 Å². The largest absolute Gasteiger partial charge is 0.483 e. The van der Waals surface area contributed by atoms with E-state index < -0.39 is 23.3 Å². The van der Waals surface area contributed by atoms with Crippen molar-refractivity contribution in [3.8, 4) is 16.9 Å². The lowest BCUT2D eigenvalue weighted by Gasteiger charge is -2.28. The van der Waals surface area contributed by atoms with Crippen LogP contribution in [-0.2, 0) is 6.61 Å². The van der Waals surface area contributed by atoms with Crippen molar-refractivity contribution in [2.45, 2.75) is 58.0 Å². The Morgan fingerprint density at radius 1 is 0.758 bits per heavy atom. The Morgan fingerprint density at radius 3 is 1.94 bits per heavy atom. The van der Waals surface area contributed by atoms with Gasteiger partial charge in [-0.1, -0.05) is 44.0 Å². The maximum absolute atomic E-state index is 14.7. The minimum Gasteiger partial charge on any atom is -0.483 e. The summed E-state index contributed by atoms with van der Waals surface area (Å²) in [4.78, 5) is 0. The van der Waals surface area contributed by atoms with Crippen LogP contribution in [0.1, 0.15) is 62.5 Å². The van der Waals surface area contributed by atoms with E-state index in [1.807, 2.05) is 0 Å². The van der Waals surface area contributed by atoms with Crippen molar-refractivity contribution in [1.82, 2.24) is 0 Å². The first-order valence-electron chi connectivity index (χ1n) is 11.6. The molecule has 174 valence electrons. The van der Waals surface area contributed by atoms with Gasteiger partial charge in [0.15, 0.2) is 17.4 Å². The summed E-state index contributed by atoms with van der Waals surface area (Å²) in [6.07, 6.45) is 6.55. The highest BCUT2D eigenvalue weighted by Crippen LogP contribution is 2.39.